The summed E-state index contributed by atoms with van der Waals surface area (Å²) < 4.78 is 0. The first kappa shape index (κ1) is 49.7. The van der Waals surface area contributed by atoms with Crippen LogP contribution in [-0.2, 0) is 35.2 Å². The second-order valence-corrected chi connectivity index (χ2v) is 20.3. The maximum atomic E-state index is 14.8. The van der Waals surface area contributed by atoms with Gasteiger partial charge in [-0.15, -0.1) is 16.9 Å². The lowest BCUT2D eigenvalue weighted by molar-refractivity contribution is -0.136. The summed E-state index contributed by atoms with van der Waals surface area (Å²) in [7, 11) is 0. The molecule has 346 valence electrons. The summed E-state index contributed by atoms with van der Waals surface area (Å²) in [5, 5.41) is 26.9. The molecule has 1 aliphatic rings. The first-order valence-electron chi connectivity index (χ1n) is 22.8. The number of benzene rings is 4. The van der Waals surface area contributed by atoms with Crippen molar-refractivity contribution in [1.82, 2.24) is 37.2 Å². The topological polar surface area (TPSA) is 187 Å². The largest absolute Gasteiger partial charge is 0.350 e. The van der Waals surface area contributed by atoms with Gasteiger partial charge in [-0.3, -0.25) is 28.8 Å². The van der Waals surface area contributed by atoms with Crippen LogP contribution in [0.25, 0.3) is 32.3 Å². The van der Waals surface area contributed by atoms with Crippen LogP contribution in [0.4, 0.5) is 0 Å². The fourth-order valence-corrected chi connectivity index (χ4v) is 8.89. The van der Waals surface area contributed by atoms with E-state index in [0.29, 0.717) is 0 Å². The van der Waals surface area contributed by atoms with E-state index in [9.17, 15) is 28.8 Å². The predicted octanol–water partition coefficient (Wildman–Crippen LogP) is 5.39. The smallest absolute Gasteiger partial charge is 0.243 e. The zero-order valence-electron chi connectivity index (χ0n) is 39.3. The van der Waals surface area contributed by atoms with Crippen molar-refractivity contribution in [1.29, 1.82) is 0 Å². The van der Waals surface area contributed by atoms with Crippen LogP contribution in [-0.4, -0.2) is 89.5 Å². The monoisotopic (exact) mass is 896 g/mol. The molecule has 13 nitrogen and oxygen atoms in total. The van der Waals surface area contributed by atoms with Crippen molar-refractivity contribution in [2.45, 2.75) is 137 Å². The first-order chi connectivity index (χ1) is 30.2. The van der Waals surface area contributed by atoms with Gasteiger partial charge in [0.15, 0.2) is 0 Å². The summed E-state index contributed by atoms with van der Waals surface area (Å²) >= 11 is 0.989. The van der Waals surface area contributed by atoms with Gasteiger partial charge in [0.25, 0.3) is 0 Å². The van der Waals surface area contributed by atoms with Gasteiger partial charge >= 0.3 is 0 Å². The lowest BCUT2D eigenvalue weighted by Crippen LogP contribution is -2.61. The molecule has 1 fully saturated rings. The Hall–Kier alpha value is -5.30. The van der Waals surface area contributed by atoms with Gasteiger partial charge in [0, 0.05) is 19.0 Å². The van der Waals surface area contributed by atoms with E-state index >= 15 is 0 Å². The number of carbonyl (C=O) groups is 6. The van der Waals surface area contributed by atoms with Crippen molar-refractivity contribution in [2.24, 2.45) is 29.6 Å². The summed E-state index contributed by atoms with van der Waals surface area (Å²) in [5.74, 6) is -4.44. The van der Waals surface area contributed by atoms with E-state index < -0.39 is 88.9 Å². The minimum atomic E-state index is -1.19. The SMILES string of the molecule is C#SC(C)[C@@H]1NC[C@H](C(C)C)NC(=O)[C@@H](C(C)C)NC(=O)[C@H](C(C)C)NC(=O)[C@@H](CC(C)C)NC(=O)[C@H](Cc2ccc3ccc4cccc5ccc2c3c45)NC(=O)[C@@H](C(C)C)NC1=O. The molecule has 8 atom stereocenters. The van der Waals surface area contributed by atoms with Gasteiger partial charge < -0.3 is 37.2 Å². The van der Waals surface area contributed by atoms with Gasteiger partial charge in [-0.25, -0.2) is 0 Å². The van der Waals surface area contributed by atoms with Crippen LogP contribution in [0, 0.1) is 35.3 Å². The van der Waals surface area contributed by atoms with Crippen LogP contribution in [0.3, 0.4) is 0 Å². The lowest BCUT2D eigenvalue weighted by Gasteiger charge is -2.31. The van der Waals surface area contributed by atoms with Gasteiger partial charge in [0.2, 0.25) is 35.4 Å². The zero-order chi connectivity index (χ0) is 47.2. The lowest BCUT2D eigenvalue weighted by atomic mass is 9.90. The molecular weight excluding hydrogens is 827 g/mol. The van der Waals surface area contributed by atoms with Crippen LogP contribution in [0.5, 0.6) is 0 Å². The molecule has 7 N–H and O–H groups in total. The fraction of sp³-hybridized carbons (Fsp3) is 0.540. The molecule has 1 aliphatic heterocycles. The predicted molar refractivity (Wildman–Crippen MR) is 258 cm³/mol. The molecule has 1 saturated heterocycles. The molecule has 5 rings (SSSR count). The van der Waals surface area contributed by atoms with Crippen LogP contribution >= 0.6 is 11.2 Å². The van der Waals surface area contributed by atoms with Crippen LogP contribution in [0.2, 0.25) is 0 Å². The molecule has 0 saturated carbocycles. The van der Waals surface area contributed by atoms with Crippen LogP contribution in [0.15, 0.2) is 54.6 Å². The summed E-state index contributed by atoms with van der Waals surface area (Å²) in [4.78, 5) is 85.9. The highest BCUT2D eigenvalue weighted by Gasteiger charge is 2.37. The van der Waals surface area contributed by atoms with E-state index in [4.69, 9.17) is 5.69 Å². The van der Waals surface area contributed by atoms with Gasteiger partial charge in [0.1, 0.15) is 36.3 Å². The Balaban J connectivity index is 1.61. The quantitative estimate of drug-likeness (QED) is 0.110. The Kier molecular flexibility index (Phi) is 16.8. The van der Waals surface area contributed by atoms with Gasteiger partial charge in [0.05, 0.1) is 5.25 Å². The minimum Gasteiger partial charge on any atom is -0.350 e. The molecule has 64 heavy (non-hydrogen) atoms. The number of rotatable bonds is 9. The van der Waals surface area contributed by atoms with Crippen molar-refractivity contribution >= 4 is 78.9 Å². The third-order valence-corrected chi connectivity index (χ3v) is 13.1. The highest BCUT2D eigenvalue weighted by Crippen LogP contribution is 2.36. The second kappa shape index (κ2) is 21.6. The molecular formula is C50H69N7O6S. The Morgan fingerprint density at radius 1 is 0.516 bits per heavy atom. The first-order valence-corrected chi connectivity index (χ1v) is 23.7. The molecule has 0 aromatic heterocycles. The molecule has 0 aliphatic carbocycles. The highest BCUT2D eigenvalue weighted by molar-refractivity contribution is 7.89. The van der Waals surface area contributed by atoms with Gasteiger partial charge in [-0.2, -0.15) is 0 Å². The van der Waals surface area contributed by atoms with Crippen molar-refractivity contribution < 1.29 is 28.8 Å². The summed E-state index contributed by atoms with van der Waals surface area (Å²) in [6, 6.07) is 11.7. The summed E-state index contributed by atoms with van der Waals surface area (Å²) in [6.45, 7) is 20.6. The molecule has 14 heteroatoms. The molecule has 0 spiro atoms. The molecule has 4 aromatic rings. The molecule has 4 aromatic carbocycles. The number of amides is 6. The van der Waals surface area contributed by atoms with Crippen molar-refractivity contribution in [3.63, 3.8) is 0 Å². The van der Waals surface area contributed by atoms with E-state index in [1.54, 1.807) is 20.8 Å². The second-order valence-electron chi connectivity index (χ2n) is 19.3. The van der Waals surface area contributed by atoms with Crippen molar-refractivity contribution in [3.05, 3.63) is 60.2 Å². The minimum absolute atomic E-state index is 0.0541. The normalized spacial score (nSPS) is 24.7. The standard InChI is InChI=1S/C50H69N7O6S/c1-25(2)22-36-46(59)55-43(29(9)10)49(62)56-42(28(7)8)48(61)54-38(26(3)4)24-51-44(30(11)64-12)50(63)57-41(27(5)6)47(60)53-37(45(58)52-36)23-34-19-18-33-17-16-31-14-13-15-32-20-21-35(34)40(33)39(31)32/h12-21,25-30,36-38,41-44,51H,22-24H2,1-11H3,(H,52,58)(H,53,60)(H,54,61)(H,55,59)(H,56,62)(H,57,63)/t30?,36-,37+,38-,41-,42-,43+,44+/m1/s1. The van der Waals surface area contributed by atoms with Gasteiger partial charge in [-0.05, 0) is 80.8 Å². The molecule has 0 radical (unpaired) electrons. The molecule has 1 heterocycles. The molecule has 0 bridgehead atoms. The van der Waals surface area contributed by atoms with E-state index in [0.717, 1.165) is 49.1 Å². The number of hydrogen-bond donors (Lipinski definition) is 7. The van der Waals surface area contributed by atoms with E-state index in [1.807, 2.05) is 79.7 Å². The Bertz CT molecular complexity index is 2360. The highest BCUT2D eigenvalue weighted by atomic mass is 32.1. The summed E-state index contributed by atoms with van der Waals surface area (Å²) in [6.07, 6.45) is 0.296. The maximum absolute atomic E-state index is 14.8. The maximum Gasteiger partial charge on any atom is 0.243 e. The van der Waals surface area contributed by atoms with E-state index in [2.05, 4.69) is 67.5 Å². The van der Waals surface area contributed by atoms with E-state index in [1.165, 1.54) is 0 Å². The number of hydrogen-bond acceptors (Lipinski definition) is 7. The zero-order valence-corrected chi connectivity index (χ0v) is 40.1. The third-order valence-electron chi connectivity index (χ3n) is 12.4. The Morgan fingerprint density at radius 2 is 0.969 bits per heavy atom. The van der Waals surface area contributed by atoms with Crippen LogP contribution in [0.1, 0.15) is 88.1 Å². The average Bonchev–Trinajstić information content (AvgIpc) is 3.23. The number of nitrogens with one attached hydrogen (secondary N) is 7. The van der Waals surface area contributed by atoms with Crippen molar-refractivity contribution in [2.75, 3.05) is 6.54 Å². The Labute approximate surface area is 382 Å². The average molecular weight is 896 g/mol. The third kappa shape index (κ3) is 11.7. The fourth-order valence-electron chi connectivity index (χ4n) is 8.51. The number of carbonyl (C=O) groups excluding carboxylic acids is 6. The Morgan fingerprint density at radius 3 is 1.50 bits per heavy atom. The van der Waals surface area contributed by atoms with Gasteiger partial charge in [-0.1, -0.05) is 124 Å². The van der Waals surface area contributed by atoms with E-state index in [-0.39, 0.29) is 43.1 Å². The van der Waals surface area contributed by atoms with Crippen molar-refractivity contribution in [3.8, 4) is 5.69 Å². The summed E-state index contributed by atoms with van der Waals surface area (Å²) in [5.41, 5.74) is 6.86. The van der Waals surface area contributed by atoms with Crippen LogP contribution < -0.4 is 37.2 Å². The molecule has 1 unspecified atom stereocenters. The molecule has 6 amide bonds.